The van der Waals surface area contributed by atoms with Crippen LogP contribution in [0, 0.1) is 0 Å². The zero-order valence-corrected chi connectivity index (χ0v) is 19.9. The van der Waals surface area contributed by atoms with Crippen LogP contribution in [0.2, 0.25) is 0 Å². The lowest BCUT2D eigenvalue weighted by Gasteiger charge is -2.49. The Balaban J connectivity index is 1.26. The second-order valence-corrected chi connectivity index (χ2v) is 10.4. The summed E-state index contributed by atoms with van der Waals surface area (Å²) in [5, 5.41) is 27.3. The Morgan fingerprint density at radius 1 is 1.37 bits per heavy atom. The van der Waals surface area contributed by atoms with Gasteiger partial charge in [0, 0.05) is 30.2 Å². The molecule has 5 rings (SSSR count). The van der Waals surface area contributed by atoms with E-state index in [9.17, 15) is 28.3 Å². The Morgan fingerprint density at radius 3 is 2.77 bits per heavy atom. The van der Waals surface area contributed by atoms with Crippen molar-refractivity contribution < 1.29 is 28.3 Å². The number of amides is 2. The SMILES string of the molecule is Cn1nnnc1SCC1=C(C(=O)O)N2C(=O)[C@H](NC(=O)Cn3nc(C(F)F)cc3C3CC3)[C@@H]2SC1. The molecule has 1 saturated carbocycles. The van der Waals surface area contributed by atoms with Gasteiger partial charge < -0.3 is 10.4 Å². The Kier molecular flexibility index (Phi) is 6.25. The lowest BCUT2D eigenvalue weighted by molar-refractivity contribution is -0.150. The maximum absolute atomic E-state index is 13.1. The molecule has 2 fully saturated rings. The largest absolute Gasteiger partial charge is 0.477 e. The van der Waals surface area contributed by atoms with Gasteiger partial charge in [-0.15, -0.1) is 16.9 Å². The van der Waals surface area contributed by atoms with Crippen LogP contribution in [0.1, 0.15) is 36.6 Å². The van der Waals surface area contributed by atoms with Crippen LogP contribution < -0.4 is 5.32 Å². The highest BCUT2D eigenvalue weighted by molar-refractivity contribution is 8.01. The lowest BCUT2D eigenvalue weighted by Crippen LogP contribution is -2.70. The number of aryl methyl sites for hydroxylation is 1. The number of halogens is 2. The molecule has 2 aliphatic heterocycles. The van der Waals surface area contributed by atoms with E-state index in [-0.39, 0.29) is 29.6 Å². The van der Waals surface area contributed by atoms with Crippen molar-refractivity contribution in [2.45, 2.75) is 48.3 Å². The fraction of sp³-hybridized carbons (Fsp3) is 0.526. The predicted octanol–water partition coefficient (Wildman–Crippen LogP) is 0.752. The lowest BCUT2D eigenvalue weighted by atomic mass is 10.0. The number of aliphatic carboxylic acids is 1. The number of nitrogens with zero attached hydrogens (tertiary/aromatic N) is 7. The van der Waals surface area contributed by atoms with Crippen LogP contribution in [0.15, 0.2) is 22.5 Å². The number of nitrogens with one attached hydrogen (secondary N) is 1. The van der Waals surface area contributed by atoms with Crippen molar-refractivity contribution in [1.29, 1.82) is 0 Å². The third-order valence-electron chi connectivity index (χ3n) is 5.87. The molecule has 2 aromatic heterocycles. The average molecular weight is 527 g/mol. The molecule has 2 aromatic rings. The number of hydrogen-bond acceptors (Lipinski definition) is 9. The van der Waals surface area contributed by atoms with Crippen molar-refractivity contribution in [2.24, 2.45) is 7.05 Å². The Labute approximate surface area is 205 Å². The van der Waals surface area contributed by atoms with Crippen LogP contribution in [-0.2, 0) is 28.0 Å². The summed E-state index contributed by atoms with van der Waals surface area (Å²) in [5.74, 6) is -1.58. The van der Waals surface area contributed by atoms with Gasteiger partial charge in [-0.1, -0.05) is 11.8 Å². The summed E-state index contributed by atoms with van der Waals surface area (Å²) in [5.41, 5.74) is 0.652. The topological polar surface area (TPSA) is 148 Å². The molecule has 2 N–H and O–H groups in total. The first-order valence-electron chi connectivity index (χ1n) is 10.6. The van der Waals surface area contributed by atoms with E-state index in [0.29, 0.717) is 22.2 Å². The molecule has 35 heavy (non-hydrogen) atoms. The monoisotopic (exact) mass is 526 g/mol. The molecule has 0 radical (unpaired) electrons. The third kappa shape index (κ3) is 4.51. The summed E-state index contributed by atoms with van der Waals surface area (Å²) in [4.78, 5) is 38.7. The second kappa shape index (κ2) is 9.22. The van der Waals surface area contributed by atoms with E-state index in [1.54, 1.807) is 7.05 Å². The van der Waals surface area contributed by atoms with Crippen molar-refractivity contribution >= 4 is 41.3 Å². The van der Waals surface area contributed by atoms with Crippen LogP contribution in [0.25, 0.3) is 0 Å². The first kappa shape index (κ1) is 23.7. The van der Waals surface area contributed by atoms with Crippen molar-refractivity contribution in [3.8, 4) is 0 Å². The number of β-lactam (4-membered cyclic amide) rings is 1. The number of rotatable bonds is 9. The number of carbonyl (C=O) groups is 3. The molecule has 0 unspecified atom stereocenters. The number of tetrazole rings is 1. The zero-order valence-electron chi connectivity index (χ0n) is 18.3. The molecule has 0 bridgehead atoms. The van der Waals surface area contributed by atoms with Crippen LogP contribution >= 0.6 is 23.5 Å². The standard InChI is InChI=1S/C19H20F2N8O4S2/c1-27-19(23-25-26-27)35-7-9-6-34-17-13(16(31)29(17)14(9)18(32)33)22-12(30)5-28-11(8-2-3-8)4-10(24-28)15(20)21/h4,8,13,15,17H,2-3,5-7H2,1H3,(H,22,30)(H,32,33)/t13-,17-/m0/s1. The van der Waals surface area contributed by atoms with E-state index in [1.165, 1.54) is 43.9 Å². The third-order valence-corrected chi connectivity index (χ3v) is 8.30. The van der Waals surface area contributed by atoms with Crippen LogP contribution in [0.5, 0.6) is 0 Å². The summed E-state index contributed by atoms with van der Waals surface area (Å²) in [7, 11) is 1.66. The molecule has 1 aliphatic carbocycles. The summed E-state index contributed by atoms with van der Waals surface area (Å²) in [6, 6.07) is 0.414. The highest BCUT2D eigenvalue weighted by atomic mass is 32.2. The molecule has 4 heterocycles. The maximum Gasteiger partial charge on any atom is 0.352 e. The van der Waals surface area contributed by atoms with E-state index >= 15 is 0 Å². The molecule has 3 aliphatic rings. The van der Waals surface area contributed by atoms with Crippen LogP contribution in [0.4, 0.5) is 8.78 Å². The van der Waals surface area contributed by atoms with Crippen molar-refractivity contribution in [2.75, 3.05) is 11.5 Å². The van der Waals surface area contributed by atoms with E-state index < -0.39 is 35.6 Å². The highest BCUT2D eigenvalue weighted by Gasteiger charge is 2.54. The van der Waals surface area contributed by atoms with Gasteiger partial charge in [-0.25, -0.2) is 18.3 Å². The number of hydrogen-bond donors (Lipinski definition) is 2. The second-order valence-electron chi connectivity index (χ2n) is 8.31. The number of carboxylic acid groups (broad SMARTS) is 1. The smallest absolute Gasteiger partial charge is 0.352 e. The Morgan fingerprint density at radius 2 is 2.14 bits per heavy atom. The first-order valence-corrected chi connectivity index (χ1v) is 12.7. The zero-order chi connectivity index (χ0) is 24.9. The van der Waals surface area contributed by atoms with Crippen molar-refractivity contribution in [1.82, 2.24) is 40.2 Å². The molecule has 186 valence electrons. The van der Waals surface area contributed by atoms with E-state index in [4.69, 9.17) is 0 Å². The van der Waals surface area contributed by atoms with E-state index in [0.717, 1.165) is 12.8 Å². The molecule has 12 nitrogen and oxygen atoms in total. The normalized spacial score (nSPS) is 21.8. The molecule has 16 heteroatoms. The minimum Gasteiger partial charge on any atom is -0.477 e. The number of aromatic nitrogens is 6. The summed E-state index contributed by atoms with van der Waals surface area (Å²) >= 11 is 2.60. The first-order chi connectivity index (χ1) is 16.7. The molecule has 2 atom stereocenters. The molecule has 0 aromatic carbocycles. The molecule has 1 saturated heterocycles. The van der Waals surface area contributed by atoms with E-state index in [1.807, 2.05) is 0 Å². The molecular weight excluding hydrogens is 506 g/mol. The summed E-state index contributed by atoms with van der Waals surface area (Å²) < 4.78 is 28.9. The van der Waals surface area contributed by atoms with Gasteiger partial charge in [-0.2, -0.15) is 5.10 Å². The quantitative estimate of drug-likeness (QED) is 0.354. The van der Waals surface area contributed by atoms with Gasteiger partial charge in [0.2, 0.25) is 11.1 Å². The number of fused-ring (bicyclic) bond motifs is 1. The van der Waals surface area contributed by atoms with Gasteiger partial charge >= 0.3 is 5.97 Å². The minimum absolute atomic E-state index is 0.100. The predicted molar refractivity (Wildman–Crippen MR) is 118 cm³/mol. The van der Waals surface area contributed by atoms with Gasteiger partial charge in [-0.3, -0.25) is 19.2 Å². The number of carboxylic acids is 1. The molecular formula is C19H20F2N8O4S2. The fourth-order valence-corrected chi connectivity index (χ4v) is 6.37. The molecule has 2 amide bonds. The Bertz CT molecular complexity index is 1230. The van der Waals surface area contributed by atoms with Gasteiger partial charge in [-0.05, 0) is 34.9 Å². The fourth-order valence-electron chi connectivity index (χ4n) is 4.04. The Hall–Kier alpha value is -3.01. The summed E-state index contributed by atoms with van der Waals surface area (Å²) in [6.07, 6.45) is -1.04. The summed E-state index contributed by atoms with van der Waals surface area (Å²) in [6.45, 7) is -0.297. The number of alkyl halides is 2. The molecule has 0 spiro atoms. The van der Waals surface area contributed by atoms with Gasteiger partial charge in [0.15, 0.2) is 0 Å². The average Bonchev–Trinajstić information content (AvgIpc) is 3.45. The maximum atomic E-state index is 13.1. The van der Waals surface area contributed by atoms with Crippen molar-refractivity contribution in [3.63, 3.8) is 0 Å². The van der Waals surface area contributed by atoms with Gasteiger partial charge in [0.05, 0.1) is 0 Å². The number of thioether (sulfide) groups is 2. The van der Waals surface area contributed by atoms with Crippen LogP contribution in [-0.4, -0.2) is 80.7 Å². The minimum atomic E-state index is -2.74. The van der Waals surface area contributed by atoms with E-state index in [2.05, 4.69) is 25.9 Å². The van der Waals surface area contributed by atoms with Gasteiger partial charge in [0.1, 0.15) is 29.4 Å². The van der Waals surface area contributed by atoms with Crippen molar-refractivity contribution in [3.05, 3.63) is 28.7 Å². The van der Waals surface area contributed by atoms with Crippen LogP contribution in [0.3, 0.4) is 0 Å². The van der Waals surface area contributed by atoms with Gasteiger partial charge in [0.25, 0.3) is 12.3 Å². The number of carbonyl (C=O) groups excluding carboxylic acids is 2. The highest BCUT2D eigenvalue weighted by Crippen LogP contribution is 2.42.